The molecular weight excluding hydrogens is 355 g/mol. The molecule has 21 heavy (non-hydrogen) atoms. The lowest BCUT2D eigenvalue weighted by Gasteiger charge is -2.11. The highest BCUT2D eigenvalue weighted by Gasteiger charge is 2.08. The summed E-state index contributed by atoms with van der Waals surface area (Å²) in [6, 6.07) is 12.7. The Morgan fingerprint density at radius 1 is 1.19 bits per heavy atom. The molecule has 0 saturated carbocycles. The van der Waals surface area contributed by atoms with Crippen LogP contribution in [0, 0.1) is 5.82 Å². The first kappa shape index (κ1) is 14.3. The van der Waals surface area contributed by atoms with E-state index in [1.54, 1.807) is 6.20 Å². The highest BCUT2D eigenvalue weighted by atomic mass is 79.9. The van der Waals surface area contributed by atoms with Crippen LogP contribution in [0.1, 0.15) is 5.56 Å². The summed E-state index contributed by atoms with van der Waals surface area (Å²) in [5.41, 5.74) is 2.74. The zero-order chi connectivity index (χ0) is 14.8. The molecule has 0 amide bonds. The molecule has 1 heterocycles. The number of fused-ring (bicyclic) bond motifs is 1. The van der Waals surface area contributed by atoms with E-state index in [1.807, 2.05) is 24.3 Å². The van der Waals surface area contributed by atoms with Gasteiger partial charge in [0.05, 0.1) is 16.2 Å². The third kappa shape index (κ3) is 3.17. The van der Waals surface area contributed by atoms with Crippen LogP contribution in [0.5, 0.6) is 0 Å². The molecule has 0 radical (unpaired) electrons. The first-order valence-electron chi connectivity index (χ1n) is 6.35. The molecule has 0 aliphatic heterocycles. The molecule has 0 aliphatic rings. The molecule has 3 aromatic rings. The molecule has 5 heteroatoms. The first-order chi connectivity index (χ1) is 10.1. The van der Waals surface area contributed by atoms with E-state index in [2.05, 4.69) is 32.3 Å². The Balaban J connectivity index is 1.83. The van der Waals surface area contributed by atoms with E-state index in [1.165, 1.54) is 12.1 Å². The molecule has 0 saturated heterocycles. The van der Waals surface area contributed by atoms with Gasteiger partial charge in [-0.25, -0.2) is 4.39 Å². The van der Waals surface area contributed by atoms with Crippen LogP contribution in [0.25, 0.3) is 10.9 Å². The Labute approximate surface area is 135 Å². The van der Waals surface area contributed by atoms with Crippen molar-refractivity contribution in [3.63, 3.8) is 0 Å². The Hall–Kier alpha value is -1.65. The summed E-state index contributed by atoms with van der Waals surface area (Å²) in [6.07, 6.45) is 1.77. The molecule has 1 aromatic heterocycles. The number of nitrogens with one attached hydrogen (secondary N) is 1. The maximum atomic E-state index is 13.2. The summed E-state index contributed by atoms with van der Waals surface area (Å²) >= 11 is 9.37. The predicted octanol–water partition coefficient (Wildman–Crippen LogP) is 5.40. The second kappa shape index (κ2) is 6.00. The van der Waals surface area contributed by atoms with Crippen LogP contribution in [0.2, 0.25) is 5.02 Å². The maximum absolute atomic E-state index is 13.2. The number of halogens is 3. The van der Waals surface area contributed by atoms with Gasteiger partial charge in [0.25, 0.3) is 0 Å². The first-order valence-corrected chi connectivity index (χ1v) is 7.52. The van der Waals surface area contributed by atoms with Crippen molar-refractivity contribution in [2.45, 2.75) is 6.54 Å². The number of nitrogens with zero attached hydrogens (tertiary/aromatic N) is 1. The number of hydrogen-bond acceptors (Lipinski definition) is 2. The minimum Gasteiger partial charge on any atom is -0.379 e. The lowest BCUT2D eigenvalue weighted by molar-refractivity contribution is 0.627. The summed E-state index contributed by atoms with van der Waals surface area (Å²) in [5, 5.41) is 4.66. The number of pyridine rings is 1. The van der Waals surface area contributed by atoms with Crippen LogP contribution in [-0.2, 0) is 6.54 Å². The Bertz CT molecular complexity index is 784. The van der Waals surface area contributed by atoms with Gasteiger partial charge in [-0.3, -0.25) is 4.98 Å². The normalized spacial score (nSPS) is 10.8. The largest absolute Gasteiger partial charge is 0.379 e. The van der Waals surface area contributed by atoms with E-state index in [4.69, 9.17) is 11.6 Å². The molecule has 0 atom stereocenters. The number of aromatic nitrogens is 1. The Morgan fingerprint density at radius 2 is 2.05 bits per heavy atom. The van der Waals surface area contributed by atoms with Crippen LogP contribution in [0.3, 0.4) is 0 Å². The van der Waals surface area contributed by atoms with Gasteiger partial charge < -0.3 is 5.32 Å². The second-order valence-electron chi connectivity index (χ2n) is 4.63. The van der Waals surface area contributed by atoms with Crippen LogP contribution < -0.4 is 5.32 Å². The van der Waals surface area contributed by atoms with Crippen LogP contribution in [0.15, 0.2) is 53.1 Å². The predicted molar refractivity (Wildman–Crippen MR) is 88.2 cm³/mol. The second-order valence-corrected chi connectivity index (χ2v) is 5.89. The standard InChI is InChI=1S/C16H11BrClFN2/c17-13-7-12(19)8-14(18)16(13)21-9-10-3-4-15-11(6-10)2-1-5-20-15/h1-8,21H,9H2. The minimum absolute atomic E-state index is 0.351. The van der Waals surface area contributed by atoms with E-state index >= 15 is 0 Å². The van der Waals surface area contributed by atoms with Gasteiger partial charge in [0.15, 0.2) is 0 Å². The number of hydrogen-bond donors (Lipinski definition) is 1. The third-order valence-corrected chi connectivity index (χ3v) is 4.07. The van der Waals surface area contributed by atoms with E-state index in [9.17, 15) is 4.39 Å². The highest BCUT2D eigenvalue weighted by Crippen LogP contribution is 2.32. The molecule has 106 valence electrons. The fraction of sp³-hybridized carbons (Fsp3) is 0.0625. The van der Waals surface area contributed by atoms with E-state index < -0.39 is 0 Å². The molecule has 0 aliphatic carbocycles. The van der Waals surface area contributed by atoms with Crippen molar-refractivity contribution in [3.8, 4) is 0 Å². The average Bonchev–Trinajstić information content (AvgIpc) is 2.46. The number of anilines is 1. The lowest BCUT2D eigenvalue weighted by atomic mass is 10.1. The topological polar surface area (TPSA) is 24.9 Å². The molecule has 0 spiro atoms. The number of rotatable bonds is 3. The molecule has 0 bridgehead atoms. The van der Waals surface area contributed by atoms with Crippen molar-refractivity contribution < 1.29 is 4.39 Å². The quantitative estimate of drug-likeness (QED) is 0.672. The van der Waals surface area contributed by atoms with E-state index in [0.717, 1.165) is 16.5 Å². The number of benzene rings is 2. The average molecular weight is 366 g/mol. The highest BCUT2D eigenvalue weighted by molar-refractivity contribution is 9.10. The SMILES string of the molecule is Fc1cc(Cl)c(NCc2ccc3ncccc3c2)c(Br)c1. The summed E-state index contributed by atoms with van der Waals surface area (Å²) in [4.78, 5) is 4.29. The molecular formula is C16H11BrClFN2. The van der Waals surface area contributed by atoms with Gasteiger partial charge in [-0.05, 0) is 51.8 Å². The maximum Gasteiger partial charge on any atom is 0.125 e. The Morgan fingerprint density at radius 3 is 2.86 bits per heavy atom. The van der Waals surface area contributed by atoms with Gasteiger partial charge in [-0.1, -0.05) is 23.7 Å². The monoisotopic (exact) mass is 364 g/mol. The fourth-order valence-corrected chi connectivity index (χ4v) is 3.10. The molecule has 2 nitrogen and oxygen atoms in total. The zero-order valence-corrected chi connectivity index (χ0v) is 13.2. The molecule has 0 unspecified atom stereocenters. The van der Waals surface area contributed by atoms with E-state index in [0.29, 0.717) is 21.7 Å². The van der Waals surface area contributed by atoms with Crippen LogP contribution >= 0.6 is 27.5 Å². The van der Waals surface area contributed by atoms with Gasteiger partial charge >= 0.3 is 0 Å². The minimum atomic E-state index is -0.366. The van der Waals surface area contributed by atoms with Gasteiger partial charge in [-0.15, -0.1) is 0 Å². The van der Waals surface area contributed by atoms with Crippen LogP contribution in [0.4, 0.5) is 10.1 Å². The van der Waals surface area contributed by atoms with Crippen molar-refractivity contribution in [2.75, 3.05) is 5.32 Å². The fourth-order valence-electron chi connectivity index (χ4n) is 2.14. The van der Waals surface area contributed by atoms with Crippen molar-refractivity contribution in [1.29, 1.82) is 0 Å². The summed E-state index contributed by atoms with van der Waals surface area (Å²) in [6.45, 7) is 0.592. The van der Waals surface area contributed by atoms with Gasteiger partial charge in [0.1, 0.15) is 5.82 Å². The lowest BCUT2D eigenvalue weighted by Crippen LogP contribution is -2.01. The van der Waals surface area contributed by atoms with Crippen molar-refractivity contribution in [1.82, 2.24) is 4.98 Å². The van der Waals surface area contributed by atoms with Gasteiger partial charge in [0, 0.05) is 22.6 Å². The van der Waals surface area contributed by atoms with Crippen molar-refractivity contribution >= 4 is 44.1 Å². The Kier molecular flexibility index (Phi) is 4.08. The van der Waals surface area contributed by atoms with Gasteiger partial charge in [0.2, 0.25) is 0 Å². The zero-order valence-electron chi connectivity index (χ0n) is 10.9. The molecule has 2 aromatic carbocycles. The smallest absolute Gasteiger partial charge is 0.125 e. The molecule has 0 fully saturated rings. The van der Waals surface area contributed by atoms with Crippen molar-refractivity contribution in [3.05, 3.63) is 69.5 Å². The molecule has 3 rings (SSSR count). The summed E-state index contributed by atoms with van der Waals surface area (Å²) in [7, 11) is 0. The van der Waals surface area contributed by atoms with Crippen LogP contribution in [-0.4, -0.2) is 4.98 Å². The summed E-state index contributed by atoms with van der Waals surface area (Å²) in [5.74, 6) is -0.366. The van der Waals surface area contributed by atoms with E-state index in [-0.39, 0.29) is 5.82 Å². The third-order valence-electron chi connectivity index (χ3n) is 3.14. The van der Waals surface area contributed by atoms with Gasteiger partial charge in [-0.2, -0.15) is 0 Å². The summed E-state index contributed by atoms with van der Waals surface area (Å²) < 4.78 is 13.8. The molecule has 1 N–H and O–H groups in total. The van der Waals surface area contributed by atoms with Crippen molar-refractivity contribution in [2.24, 2.45) is 0 Å².